The maximum Gasteiger partial charge on any atom is 0.269 e. The minimum atomic E-state index is -0.283. The standard InChI is InChI=1S/C20H24N2O2/c1-20(2,3)13-18(23)15-11-16(10-14-8-6-5-7-9-14)22-17(12-15)19(24)21-4/h5-9,11-12H,10,13H2,1-4H3,(H,21,24). The molecule has 4 heteroatoms. The number of carbonyl (C=O) groups is 2. The highest BCUT2D eigenvalue weighted by atomic mass is 16.1. The first-order valence-electron chi connectivity index (χ1n) is 8.09. The third-order valence-corrected chi connectivity index (χ3v) is 3.58. The van der Waals surface area contributed by atoms with Crippen LogP contribution in [0.5, 0.6) is 0 Å². The van der Waals surface area contributed by atoms with Crippen molar-refractivity contribution in [3.63, 3.8) is 0 Å². The quantitative estimate of drug-likeness (QED) is 0.854. The van der Waals surface area contributed by atoms with Crippen molar-refractivity contribution in [1.29, 1.82) is 0 Å². The molecule has 1 heterocycles. The van der Waals surface area contributed by atoms with Gasteiger partial charge in [-0.05, 0) is 23.1 Å². The summed E-state index contributed by atoms with van der Waals surface area (Å²) in [6, 6.07) is 13.3. The molecule has 1 amide bonds. The molecule has 0 aliphatic carbocycles. The number of pyridine rings is 1. The number of hydrogen-bond donors (Lipinski definition) is 1. The van der Waals surface area contributed by atoms with E-state index in [0.717, 1.165) is 11.3 Å². The van der Waals surface area contributed by atoms with Crippen LogP contribution < -0.4 is 5.32 Å². The van der Waals surface area contributed by atoms with E-state index in [1.165, 1.54) is 0 Å². The second kappa shape index (κ2) is 7.39. The maximum atomic E-state index is 12.6. The zero-order chi connectivity index (χ0) is 17.7. The van der Waals surface area contributed by atoms with E-state index >= 15 is 0 Å². The number of benzene rings is 1. The number of nitrogens with one attached hydrogen (secondary N) is 1. The second-order valence-electron chi connectivity index (χ2n) is 7.13. The normalized spacial score (nSPS) is 11.2. The van der Waals surface area contributed by atoms with Gasteiger partial charge in [0.1, 0.15) is 5.69 Å². The summed E-state index contributed by atoms with van der Waals surface area (Å²) >= 11 is 0. The Kier molecular flexibility index (Phi) is 5.50. The van der Waals surface area contributed by atoms with Crippen molar-refractivity contribution < 1.29 is 9.59 Å². The van der Waals surface area contributed by atoms with Crippen LogP contribution >= 0.6 is 0 Å². The molecule has 0 spiro atoms. The van der Waals surface area contributed by atoms with Crippen molar-refractivity contribution >= 4 is 11.7 Å². The fraction of sp³-hybridized carbons (Fsp3) is 0.350. The maximum absolute atomic E-state index is 12.6. The fourth-order valence-corrected chi connectivity index (χ4v) is 2.47. The van der Waals surface area contributed by atoms with Crippen molar-refractivity contribution in [3.05, 3.63) is 65.0 Å². The smallest absolute Gasteiger partial charge is 0.269 e. The van der Waals surface area contributed by atoms with E-state index in [1.54, 1.807) is 19.2 Å². The minimum absolute atomic E-state index is 0.0318. The van der Waals surface area contributed by atoms with Gasteiger partial charge in [0.25, 0.3) is 5.91 Å². The first kappa shape index (κ1) is 17.9. The molecular weight excluding hydrogens is 300 g/mol. The van der Waals surface area contributed by atoms with Crippen LogP contribution in [-0.4, -0.2) is 23.7 Å². The largest absolute Gasteiger partial charge is 0.354 e. The zero-order valence-corrected chi connectivity index (χ0v) is 14.7. The molecule has 1 N–H and O–H groups in total. The summed E-state index contributed by atoms with van der Waals surface area (Å²) in [6.07, 6.45) is 1.01. The fourth-order valence-electron chi connectivity index (χ4n) is 2.47. The lowest BCUT2D eigenvalue weighted by Crippen LogP contribution is -2.21. The molecule has 0 atom stereocenters. The van der Waals surface area contributed by atoms with Gasteiger partial charge in [-0.2, -0.15) is 0 Å². The monoisotopic (exact) mass is 324 g/mol. The summed E-state index contributed by atoms with van der Waals surface area (Å²) in [5.74, 6) is -0.251. The highest BCUT2D eigenvalue weighted by Gasteiger charge is 2.20. The predicted octanol–water partition coefficient (Wildman–Crippen LogP) is 3.65. The van der Waals surface area contributed by atoms with Gasteiger partial charge in [-0.15, -0.1) is 0 Å². The molecule has 126 valence electrons. The molecule has 24 heavy (non-hydrogen) atoms. The first-order chi connectivity index (χ1) is 11.3. The summed E-state index contributed by atoms with van der Waals surface area (Å²) in [4.78, 5) is 29.0. The molecule has 0 saturated carbocycles. The van der Waals surface area contributed by atoms with Gasteiger partial charge in [0.2, 0.25) is 0 Å². The number of hydrogen-bond acceptors (Lipinski definition) is 3. The van der Waals surface area contributed by atoms with Crippen LogP contribution in [0.4, 0.5) is 0 Å². The number of aromatic nitrogens is 1. The number of ketones is 1. The summed E-state index contributed by atoms with van der Waals surface area (Å²) in [5, 5.41) is 2.57. The molecule has 1 aromatic heterocycles. The number of nitrogens with zero attached hydrogens (tertiary/aromatic N) is 1. The highest BCUT2D eigenvalue weighted by molar-refractivity contribution is 6.00. The molecule has 1 aromatic carbocycles. The van der Waals surface area contributed by atoms with Gasteiger partial charge >= 0.3 is 0 Å². The molecule has 0 bridgehead atoms. The van der Waals surface area contributed by atoms with Crippen LogP contribution in [0.1, 0.15) is 59.3 Å². The number of rotatable bonds is 5. The van der Waals surface area contributed by atoms with E-state index in [0.29, 0.717) is 18.4 Å². The van der Waals surface area contributed by atoms with Gasteiger partial charge in [0.05, 0.1) is 0 Å². The molecule has 2 rings (SSSR count). The van der Waals surface area contributed by atoms with Crippen molar-refractivity contribution in [2.45, 2.75) is 33.6 Å². The lowest BCUT2D eigenvalue weighted by Gasteiger charge is -2.17. The van der Waals surface area contributed by atoms with Crippen LogP contribution in [0, 0.1) is 5.41 Å². The van der Waals surface area contributed by atoms with Crippen LogP contribution in [0.15, 0.2) is 42.5 Å². The van der Waals surface area contributed by atoms with Crippen molar-refractivity contribution in [3.8, 4) is 0 Å². The van der Waals surface area contributed by atoms with Crippen molar-refractivity contribution in [1.82, 2.24) is 10.3 Å². The highest BCUT2D eigenvalue weighted by Crippen LogP contribution is 2.22. The third kappa shape index (κ3) is 5.01. The van der Waals surface area contributed by atoms with E-state index in [-0.39, 0.29) is 22.8 Å². The van der Waals surface area contributed by atoms with Crippen molar-refractivity contribution in [2.75, 3.05) is 7.05 Å². The van der Waals surface area contributed by atoms with Crippen LogP contribution in [-0.2, 0) is 6.42 Å². The molecule has 0 aliphatic heterocycles. The topological polar surface area (TPSA) is 59.1 Å². The molecule has 0 fully saturated rings. The Morgan fingerprint density at radius 1 is 1.08 bits per heavy atom. The Morgan fingerprint density at radius 3 is 2.33 bits per heavy atom. The van der Waals surface area contributed by atoms with Crippen LogP contribution in [0.3, 0.4) is 0 Å². The molecular formula is C20H24N2O2. The summed E-state index contributed by atoms with van der Waals surface area (Å²) < 4.78 is 0. The lowest BCUT2D eigenvalue weighted by atomic mass is 9.87. The molecule has 2 aromatic rings. The van der Waals surface area contributed by atoms with E-state index in [4.69, 9.17) is 0 Å². The summed E-state index contributed by atoms with van der Waals surface area (Å²) in [5.41, 5.74) is 2.54. The van der Waals surface area contributed by atoms with E-state index < -0.39 is 0 Å². The third-order valence-electron chi connectivity index (χ3n) is 3.58. The van der Waals surface area contributed by atoms with Gasteiger partial charge in [-0.25, -0.2) is 4.98 Å². The number of Topliss-reactive ketones (excluding diaryl/α,β-unsaturated/α-hetero) is 1. The molecule has 0 saturated heterocycles. The van der Waals surface area contributed by atoms with Gasteiger partial charge in [-0.1, -0.05) is 51.1 Å². The molecule has 0 aliphatic rings. The van der Waals surface area contributed by atoms with Crippen LogP contribution in [0.25, 0.3) is 0 Å². The SMILES string of the molecule is CNC(=O)c1cc(C(=O)CC(C)(C)C)cc(Cc2ccccc2)n1. The number of carbonyl (C=O) groups excluding carboxylic acids is 2. The predicted molar refractivity (Wildman–Crippen MR) is 95.3 cm³/mol. The number of amides is 1. The van der Waals surface area contributed by atoms with E-state index in [1.807, 2.05) is 51.1 Å². The van der Waals surface area contributed by atoms with Gasteiger partial charge in [0.15, 0.2) is 5.78 Å². The Hall–Kier alpha value is -2.49. The lowest BCUT2D eigenvalue weighted by molar-refractivity contribution is 0.0939. The Balaban J connectivity index is 2.38. The first-order valence-corrected chi connectivity index (χ1v) is 8.09. The van der Waals surface area contributed by atoms with Gasteiger partial charge in [0, 0.05) is 31.1 Å². The van der Waals surface area contributed by atoms with Gasteiger partial charge in [-0.3, -0.25) is 9.59 Å². The van der Waals surface area contributed by atoms with Crippen LogP contribution in [0.2, 0.25) is 0 Å². The van der Waals surface area contributed by atoms with Crippen molar-refractivity contribution in [2.24, 2.45) is 5.41 Å². The average Bonchev–Trinajstić information content (AvgIpc) is 2.53. The second-order valence-corrected chi connectivity index (χ2v) is 7.13. The van der Waals surface area contributed by atoms with E-state index in [9.17, 15) is 9.59 Å². The minimum Gasteiger partial charge on any atom is -0.354 e. The molecule has 0 unspecified atom stereocenters. The molecule has 4 nitrogen and oxygen atoms in total. The summed E-state index contributed by atoms with van der Waals surface area (Å²) in [6.45, 7) is 6.07. The summed E-state index contributed by atoms with van der Waals surface area (Å²) in [7, 11) is 1.56. The van der Waals surface area contributed by atoms with Gasteiger partial charge < -0.3 is 5.32 Å². The molecule has 0 radical (unpaired) electrons. The zero-order valence-electron chi connectivity index (χ0n) is 14.7. The Labute approximate surface area is 143 Å². The van der Waals surface area contributed by atoms with E-state index in [2.05, 4.69) is 10.3 Å². The Bertz CT molecular complexity index is 731. The Morgan fingerprint density at radius 2 is 1.75 bits per heavy atom. The average molecular weight is 324 g/mol.